The van der Waals surface area contributed by atoms with Crippen LogP contribution < -0.4 is 0 Å². The fraction of sp³-hybridized carbons (Fsp3) is 0.250. The second-order valence-corrected chi connectivity index (χ2v) is 7.09. The van der Waals surface area contributed by atoms with Crippen LogP contribution in [-0.2, 0) is 17.1 Å². The fourth-order valence-corrected chi connectivity index (χ4v) is 3.84. The molecule has 124 valence electrons. The molecule has 2 aromatic heterocycles. The van der Waals surface area contributed by atoms with E-state index in [1.54, 1.807) is 36.1 Å². The van der Waals surface area contributed by atoms with Crippen LogP contribution in [0.5, 0.6) is 0 Å². The van der Waals surface area contributed by atoms with Crippen LogP contribution in [-0.4, -0.2) is 21.1 Å². The average molecular weight is 361 g/mol. The number of carbonyl (C=O) groups is 1. The first-order valence-corrected chi connectivity index (χ1v) is 9.07. The molecule has 0 bridgehead atoms. The van der Waals surface area contributed by atoms with E-state index >= 15 is 0 Å². The normalized spacial score (nSPS) is 10.8. The lowest BCUT2D eigenvalue weighted by Crippen LogP contribution is -2.08. The Labute approximate surface area is 147 Å². The summed E-state index contributed by atoms with van der Waals surface area (Å²) in [7, 11) is 0. The molecule has 0 aliphatic rings. The summed E-state index contributed by atoms with van der Waals surface area (Å²) < 4.78 is 11.2. The van der Waals surface area contributed by atoms with Gasteiger partial charge in [0.1, 0.15) is 4.34 Å². The number of carbonyl (C=O) groups excluding carboxylic acids is 1. The van der Waals surface area contributed by atoms with Crippen molar-refractivity contribution < 1.29 is 14.1 Å². The van der Waals surface area contributed by atoms with Gasteiger partial charge in [-0.15, -0.1) is 11.3 Å². The Kier molecular flexibility index (Phi) is 5.27. The quantitative estimate of drug-likeness (QED) is 0.488. The number of nitrogens with zero attached hydrogens (tertiary/aromatic N) is 3. The first-order valence-electron chi connectivity index (χ1n) is 7.21. The maximum atomic E-state index is 12.3. The van der Waals surface area contributed by atoms with Crippen molar-refractivity contribution >= 4 is 29.1 Å². The van der Waals surface area contributed by atoms with Crippen molar-refractivity contribution in [1.82, 2.24) is 15.1 Å². The van der Waals surface area contributed by atoms with Gasteiger partial charge in [0.25, 0.3) is 5.89 Å². The zero-order valence-electron chi connectivity index (χ0n) is 13.2. The summed E-state index contributed by atoms with van der Waals surface area (Å²) in [4.78, 5) is 20.8. The SMILES string of the molecule is Cc1csc(SCc2ccccc2C(=O)OCc2nc(C)no2)n1. The number of thioether (sulfide) groups is 1. The number of ether oxygens (including phenoxy) is 1. The van der Waals surface area contributed by atoms with E-state index in [-0.39, 0.29) is 12.5 Å². The lowest BCUT2D eigenvalue weighted by molar-refractivity contribution is 0.0429. The first kappa shape index (κ1) is 16.7. The molecule has 0 atom stereocenters. The number of rotatable bonds is 6. The molecule has 0 amide bonds. The summed E-state index contributed by atoms with van der Waals surface area (Å²) in [6, 6.07) is 7.39. The monoisotopic (exact) mass is 361 g/mol. The number of thiazole rings is 1. The molecule has 0 aliphatic carbocycles. The standard InChI is InChI=1S/C16H15N3O3S2/c1-10-8-23-16(17-10)24-9-12-5-3-4-6-13(12)15(20)21-7-14-18-11(2)19-22-14/h3-6,8H,7,9H2,1-2H3. The van der Waals surface area contributed by atoms with Gasteiger partial charge in [-0.1, -0.05) is 35.1 Å². The van der Waals surface area contributed by atoms with Crippen LogP contribution in [0.15, 0.2) is 38.5 Å². The van der Waals surface area contributed by atoms with Gasteiger partial charge in [-0.3, -0.25) is 0 Å². The van der Waals surface area contributed by atoms with Crippen molar-refractivity contribution in [2.45, 2.75) is 30.5 Å². The highest BCUT2D eigenvalue weighted by Crippen LogP contribution is 2.27. The molecule has 0 radical (unpaired) electrons. The van der Waals surface area contributed by atoms with Crippen molar-refractivity contribution in [3.63, 3.8) is 0 Å². The van der Waals surface area contributed by atoms with Gasteiger partial charge in [0.2, 0.25) is 0 Å². The highest BCUT2D eigenvalue weighted by atomic mass is 32.2. The van der Waals surface area contributed by atoms with Crippen LogP contribution in [0.3, 0.4) is 0 Å². The molecule has 0 unspecified atom stereocenters. The molecule has 6 nitrogen and oxygen atoms in total. The third-order valence-corrected chi connectivity index (χ3v) is 5.27. The zero-order valence-corrected chi connectivity index (χ0v) is 14.8. The smallest absolute Gasteiger partial charge is 0.338 e. The van der Waals surface area contributed by atoms with Gasteiger partial charge in [-0.05, 0) is 25.5 Å². The van der Waals surface area contributed by atoms with E-state index in [0.717, 1.165) is 15.6 Å². The largest absolute Gasteiger partial charge is 0.452 e. The van der Waals surface area contributed by atoms with E-state index in [2.05, 4.69) is 15.1 Å². The molecule has 0 fully saturated rings. The van der Waals surface area contributed by atoms with Gasteiger partial charge in [0.05, 0.1) is 5.56 Å². The van der Waals surface area contributed by atoms with Crippen LogP contribution in [0.4, 0.5) is 0 Å². The number of hydrogen-bond acceptors (Lipinski definition) is 8. The summed E-state index contributed by atoms with van der Waals surface area (Å²) in [6.07, 6.45) is 0. The van der Waals surface area contributed by atoms with Crippen molar-refractivity contribution in [3.05, 3.63) is 58.2 Å². The van der Waals surface area contributed by atoms with E-state index in [1.807, 2.05) is 30.5 Å². The molecular formula is C16H15N3O3S2. The Balaban J connectivity index is 1.65. The lowest BCUT2D eigenvalue weighted by Gasteiger charge is -2.07. The fourth-order valence-electron chi connectivity index (χ4n) is 1.99. The predicted molar refractivity (Wildman–Crippen MR) is 91.0 cm³/mol. The Hall–Kier alpha value is -2.19. The summed E-state index contributed by atoms with van der Waals surface area (Å²) in [5.74, 6) is 1.04. The minimum absolute atomic E-state index is 0.0349. The maximum absolute atomic E-state index is 12.3. The molecule has 2 heterocycles. The number of aryl methyl sites for hydroxylation is 2. The Bertz CT molecular complexity index is 844. The van der Waals surface area contributed by atoms with E-state index < -0.39 is 5.97 Å². The second-order valence-electron chi connectivity index (χ2n) is 5.01. The van der Waals surface area contributed by atoms with Crippen molar-refractivity contribution in [2.24, 2.45) is 0 Å². The van der Waals surface area contributed by atoms with Crippen LogP contribution in [0.2, 0.25) is 0 Å². The van der Waals surface area contributed by atoms with E-state index in [4.69, 9.17) is 9.26 Å². The van der Waals surface area contributed by atoms with Gasteiger partial charge in [-0.2, -0.15) is 4.98 Å². The molecule has 0 saturated heterocycles. The first-order chi connectivity index (χ1) is 11.6. The molecule has 24 heavy (non-hydrogen) atoms. The minimum atomic E-state index is -0.405. The second kappa shape index (κ2) is 7.59. The van der Waals surface area contributed by atoms with Gasteiger partial charge >= 0.3 is 5.97 Å². The zero-order chi connectivity index (χ0) is 16.9. The molecule has 1 aromatic carbocycles. The molecule has 0 spiro atoms. The van der Waals surface area contributed by atoms with Crippen LogP contribution in [0.25, 0.3) is 0 Å². The molecule has 8 heteroatoms. The maximum Gasteiger partial charge on any atom is 0.338 e. The molecule has 3 rings (SSSR count). The summed E-state index contributed by atoms with van der Waals surface area (Å²) in [6.45, 7) is 3.64. The van der Waals surface area contributed by atoms with Crippen molar-refractivity contribution in [3.8, 4) is 0 Å². The summed E-state index contributed by atoms with van der Waals surface area (Å²) in [5, 5.41) is 5.67. The Morgan fingerprint density at radius 2 is 2.12 bits per heavy atom. The number of esters is 1. The highest BCUT2D eigenvalue weighted by Gasteiger charge is 2.15. The Morgan fingerprint density at radius 3 is 2.83 bits per heavy atom. The van der Waals surface area contributed by atoms with Gasteiger partial charge in [-0.25, -0.2) is 9.78 Å². The minimum Gasteiger partial charge on any atom is -0.452 e. The van der Waals surface area contributed by atoms with Gasteiger partial charge in [0, 0.05) is 16.8 Å². The third kappa shape index (κ3) is 4.21. The topological polar surface area (TPSA) is 78.1 Å². The number of hydrogen-bond donors (Lipinski definition) is 0. The van der Waals surface area contributed by atoms with Gasteiger partial charge in [0.15, 0.2) is 12.4 Å². The Morgan fingerprint density at radius 1 is 1.29 bits per heavy atom. The molecule has 0 saturated carbocycles. The van der Waals surface area contributed by atoms with E-state index in [0.29, 0.717) is 17.1 Å². The van der Waals surface area contributed by atoms with Crippen LogP contribution in [0.1, 0.15) is 33.3 Å². The van der Waals surface area contributed by atoms with E-state index in [1.165, 1.54) is 0 Å². The predicted octanol–water partition coefficient (Wildman–Crippen LogP) is 3.79. The van der Waals surface area contributed by atoms with Crippen LogP contribution >= 0.6 is 23.1 Å². The third-order valence-electron chi connectivity index (χ3n) is 3.08. The number of benzene rings is 1. The highest BCUT2D eigenvalue weighted by molar-refractivity contribution is 8.00. The molecular weight excluding hydrogens is 346 g/mol. The van der Waals surface area contributed by atoms with Crippen molar-refractivity contribution in [1.29, 1.82) is 0 Å². The average Bonchev–Trinajstić information content (AvgIpc) is 3.19. The van der Waals surface area contributed by atoms with Gasteiger partial charge < -0.3 is 9.26 Å². The van der Waals surface area contributed by atoms with E-state index in [9.17, 15) is 4.79 Å². The molecule has 0 aliphatic heterocycles. The van der Waals surface area contributed by atoms with Crippen molar-refractivity contribution in [2.75, 3.05) is 0 Å². The summed E-state index contributed by atoms with van der Waals surface area (Å²) in [5.41, 5.74) is 2.45. The number of aromatic nitrogens is 3. The molecule has 0 N–H and O–H groups in total. The lowest BCUT2D eigenvalue weighted by atomic mass is 10.1. The van der Waals surface area contributed by atoms with Crippen LogP contribution in [0, 0.1) is 13.8 Å². The summed E-state index contributed by atoms with van der Waals surface area (Å²) >= 11 is 3.20. The molecule has 3 aromatic rings.